The molecule has 0 aromatic heterocycles. The van der Waals surface area contributed by atoms with Crippen molar-refractivity contribution in [2.75, 3.05) is 6.61 Å². The van der Waals surface area contributed by atoms with Gasteiger partial charge in [0, 0.05) is 5.56 Å². The molecule has 0 saturated heterocycles. The lowest BCUT2D eigenvalue weighted by molar-refractivity contribution is -0.145. The normalized spacial score (nSPS) is 20.7. The number of fused-ring (bicyclic) bond motifs is 1. The van der Waals surface area contributed by atoms with Crippen molar-refractivity contribution in [3.05, 3.63) is 29.3 Å². The zero-order valence-corrected chi connectivity index (χ0v) is 10.8. The van der Waals surface area contributed by atoms with E-state index >= 15 is 0 Å². The zero-order chi connectivity index (χ0) is 13.3. The molecule has 1 N–H and O–H groups in total. The van der Waals surface area contributed by atoms with Crippen molar-refractivity contribution in [1.29, 1.82) is 0 Å². The van der Waals surface area contributed by atoms with E-state index in [0.29, 0.717) is 11.1 Å². The van der Waals surface area contributed by atoms with Crippen LogP contribution in [0.2, 0.25) is 0 Å². The summed E-state index contributed by atoms with van der Waals surface area (Å²) in [6.45, 7) is 3.55. The molecule has 0 fully saturated rings. The highest BCUT2D eigenvalue weighted by molar-refractivity contribution is 7.85. The molecule has 6 nitrogen and oxygen atoms in total. The van der Waals surface area contributed by atoms with Crippen LogP contribution in [0.25, 0.3) is 0 Å². The smallest absolute Gasteiger partial charge is 0.383 e. The van der Waals surface area contributed by atoms with Crippen molar-refractivity contribution < 1.29 is 22.1 Å². The van der Waals surface area contributed by atoms with Crippen LogP contribution < -0.4 is 8.91 Å². The summed E-state index contributed by atoms with van der Waals surface area (Å²) in [5.41, 5.74) is 1.11. The van der Waals surface area contributed by atoms with Gasteiger partial charge < -0.3 is 8.92 Å². The van der Waals surface area contributed by atoms with Gasteiger partial charge in [0.25, 0.3) is 0 Å². The van der Waals surface area contributed by atoms with E-state index < -0.39 is 22.3 Å². The number of rotatable bonds is 2. The summed E-state index contributed by atoms with van der Waals surface area (Å²) >= 11 is 0. The Morgan fingerprint density at radius 3 is 2.89 bits per heavy atom. The van der Waals surface area contributed by atoms with Crippen LogP contribution in [0.4, 0.5) is 0 Å². The Hall–Kier alpha value is -1.60. The number of ether oxygens (including phenoxy) is 1. The topological polar surface area (TPSA) is 81.7 Å². The van der Waals surface area contributed by atoms with Gasteiger partial charge in [0.15, 0.2) is 11.8 Å². The monoisotopic (exact) mass is 271 g/mol. The fourth-order valence-corrected chi connectivity index (χ4v) is 2.77. The number of aryl methyl sites for hydroxylation is 1. The fourth-order valence-electron chi connectivity index (χ4n) is 1.76. The lowest BCUT2D eigenvalue weighted by atomic mass is 10.0. The highest BCUT2D eigenvalue weighted by Crippen LogP contribution is 2.34. The second-order valence-electron chi connectivity index (χ2n) is 3.83. The molecule has 0 amide bonds. The van der Waals surface area contributed by atoms with Gasteiger partial charge in [-0.15, -0.1) is 0 Å². The summed E-state index contributed by atoms with van der Waals surface area (Å²) in [5, 5.41) is 0. The van der Waals surface area contributed by atoms with Crippen LogP contribution in [-0.2, 0) is 19.8 Å². The summed E-state index contributed by atoms with van der Waals surface area (Å²) in [4.78, 5) is 11.8. The first-order valence-corrected chi connectivity index (χ1v) is 6.83. The predicted molar refractivity (Wildman–Crippen MR) is 63.2 cm³/mol. The molecule has 0 radical (unpaired) electrons. The van der Waals surface area contributed by atoms with Gasteiger partial charge in [-0.05, 0) is 19.4 Å². The molecule has 7 heteroatoms. The van der Waals surface area contributed by atoms with Crippen LogP contribution in [0.15, 0.2) is 18.2 Å². The molecule has 2 rings (SSSR count). The van der Waals surface area contributed by atoms with Crippen molar-refractivity contribution in [1.82, 2.24) is 4.72 Å². The second-order valence-corrected chi connectivity index (χ2v) is 5.14. The Morgan fingerprint density at radius 2 is 2.22 bits per heavy atom. The van der Waals surface area contributed by atoms with Gasteiger partial charge in [0.2, 0.25) is 0 Å². The molecule has 1 atom stereocenters. The first-order chi connectivity index (χ1) is 8.44. The van der Waals surface area contributed by atoms with E-state index in [0.717, 1.165) is 0 Å². The molecule has 18 heavy (non-hydrogen) atoms. The summed E-state index contributed by atoms with van der Waals surface area (Å²) in [7, 11) is -3.98. The van der Waals surface area contributed by atoms with Crippen LogP contribution in [-0.4, -0.2) is 21.0 Å². The van der Waals surface area contributed by atoms with Gasteiger partial charge >= 0.3 is 16.3 Å². The van der Waals surface area contributed by atoms with Crippen LogP contribution in [0.5, 0.6) is 5.75 Å². The molecule has 0 bridgehead atoms. The van der Waals surface area contributed by atoms with Crippen LogP contribution >= 0.6 is 0 Å². The van der Waals surface area contributed by atoms with Gasteiger partial charge in [-0.2, -0.15) is 13.1 Å². The van der Waals surface area contributed by atoms with Gasteiger partial charge in [-0.1, -0.05) is 18.2 Å². The number of benzene rings is 1. The Balaban J connectivity index is 2.51. The number of carbonyl (C=O) groups excluding carboxylic acids is 1. The Kier molecular flexibility index (Phi) is 3.27. The Bertz CT molecular complexity index is 581. The number of hydrogen-bond acceptors (Lipinski definition) is 5. The quantitative estimate of drug-likeness (QED) is 0.805. The number of carbonyl (C=O) groups is 1. The average molecular weight is 271 g/mol. The van der Waals surface area contributed by atoms with E-state index in [4.69, 9.17) is 8.92 Å². The molecule has 1 aromatic rings. The molecular formula is C11H13NO5S. The van der Waals surface area contributed by atoms with E-state index in [9.17, 15) is 13.2 Å². The molecular weight excluding hydrogens is 258 g/mol. The van der Waals surface area contributed by atoms with E-state index in [1.165, 1.54) is 0 Å². The number of hydrogen-bond donors (Lipinski definition) is 1. The molecule has 1 heterocycles. The summed E-state index contributed by atoms with van der Waals surface area (Å²) in [6.07, 6.45) is 0. The standard InChI is InChI=1S/C11H13NO5S/c1-3-16-11(13)9-8-6-4-5-7(2)10(8)17-18(14,15)12-9/h4-6,9,12H,3H2,1-2H3/t9-/m1/s1. The maximum absolute atomic E-state index is 11.8. The number of para-hydroxylation sites is 1. The zero-order valence-electron chi connectivity index (χ0n) is 9.97. The third-order valence-electron chi connectivity index (χ3n) is 2.53. The predicted octanol–water partition coefficient (Wildman–Crippen LogP) is 0.826. The number of esters is 1. The van der Waals surface area contributed by atoms with E-state index in [-0.39, 0.29) is 12.4 Å². The van der Waals surface area contributed by atoms with Gasteiger partial charge in [0.1, 0.15) is 0 Å². The van der Waals surface area contributed by atoms with Crippen molar-refractivity contribution in [2.24, 2.45) is 0 Å². The third-order valence-corrected chi connectivity index (χ3v) is 3.44. The maximum atomic E-state index is 11.8. The largest absolute Gasteiger partial charge is 0.465 e. The van der Waals surface area contributed by atoms with Gasteiger partial charge in [-0.25, -0.2) is 4.79 Å². The first kappa shape index (κ1) is 12.8. The number of nitrogens with one attached hydrogen (secondary N) is 1. The first-order valence-electron chi connectivity index (χ1n) is 5.42. The fraction of sp³-hybridized carbons (Fsp3) is 0.364. The molecule has 1 aromatic carbocycles. The molecule has 1 aliphatic heterocycles. The van der Waals surface area contributed by atoms with E-state index in [2.05, 4.69) is 4.72 Å². The molecule has 1 aliphatic rings. The minimum Gasteiger partial charge on any atom is -0.465 e. The molecule has 0 saturated carbocycles. The van der Waals surface area contributed by atoms with Crippen LogP contribution in [0.3, 0.4) is 0 Å². The van der Waals surface area contributed by atoms with Crippen molar-refractivity contribution in [2.45, 2.75) is 19.9 Å². The lowest BCUT2D eigenvalue weighted by Crippen LogP contribution is -2.41. The van der Waals surface area contributed by atoms with E-state index in [1.54, 1.807) is 32.0 Å². The molecule has 98 valence electrons. The summed E-state index contributed by atoms with van der Waals surface area (Å²) in [6, 6.07) is 4.01. The summed E-state index contributed by atoms with van der Waals surface area (Å²) in [5.74, 6) is -0.453. The SMILES string of the molecule is CCOC(=O)[C@@H]1NS(=O)(=O)Oc2c(C)cccc21. The second kappa shape index (κ2) is 4.58. The van der Waals surface area contributed by atoms with Crippen molar-refractivity contribution in [3.63, 3.8) is 0 Å². The third kappa shape index (κ3) is 2.32. The molecule has 0 aliphatic carbocycles. The van der Waals surface area contributed by atoms with E-state index in [1.807, 2.05) is 0 Å². The maximum Gasteiger partial charge on any atom is 0.383 e. The van der Waals surface area contributed by atoms with Crippen molar-refractivity contribution >= 4 is 16.3 Å². The molecule has 0 spiro atoms. The lowest BCUT2D eigenvalue weighted by Gasteiger charge is -2.25. The highest BCUT2D eigenvalue weighted by Gasteiger charge is 2.36. The van der Waals surface area contributed by atoms with Gasteiger partial charge in [0.05, 0.1) is 6.61 Å². The highest BCUT2D eigenvalue weighted by atomic mass is 32.2. The van der Waals surface area contributed by atoms with Crippen molar-refractivity contribution in [3.8, 4) is 5.75 Å². The minimum atomic E-state index is -3.98. The van der Waals surface area contributed by atoms with Gasteiger partial charge in [-0.3, -0.25) is 0 Å². The van der Waals surface area contributed by atoms with Crippen LogP contribution in [0.1, 0.15) is 24.1 Å². The Morgan fingerprint density at radius 1 is 1.50 bits per heavy atom. The van der Waals surface area contributed by atoms with Crippen LogP contribution in [0, 0.1) is 6.92 Å². The molecule has 0 unspecified atom stereocenters. The summed E-state index contributed by atoms with van der Waals surface area (Å²) < 4.78 is 34.9. The minimum absolute atomic E-state index is 0.180. The Labute approximate surface area is 105 Å². The average Bonchev–Trinajstić information content (AvgIpc) is 2.29.